The third-order valence-corrected chi connectivity index (χ3v) is 4.07. The van der Waals surface area contributed by atoms with Crippen LogP contribution in [0, 0.1) is 5.92 Å². The van der Waals surface area contributed by atoms with Crippen LogP contribution in [0.5, 0.6) is 0 Å². The molecule has 0 amide bonds. The molecule has 1 atom stereocenters. The Hall–Kier alpha value is -0.930. The summed E-state index contributed by atoms with van der Waals surface area (Å²) in [6, 6.07) is 5.11. The first kappa shape index (κ1) is 15.5. The molecule has 1 fully saturated rings. The smallest absolute Gasteiger partial charge is 0.0544 e. The van der Waals surface area contributed by atoms with Crippen LogP contribution in [0.2, 0.25) is 0 Å². The Morgan fingerprint density at radius 1 is 1.35 bits per heavy atom. The lowest BCUT2D eigenvalue weighted by atomic mass is 10.0. The highest BCUT2D eigenvalue weighted by atomic mass is 15.2. The van der Waals surface area contributed by atoms with Crippen LogP contribution in [-0.2, 0) is 13.1 Å². The van der Waals surface area contributed by atoms with E-state index in [1.54, 1.807) is 0 Å². The van der Waals surface area contributed by atoms with E-state index in [0.717, 1.165) is 19.6 Å². The van der Waals surface area contributed by atoms with Gasteiger partial charge in [0.2, 0.25) is 0 Å². The number of rotatable bonds is 6. The number of hydrogen-bond donors (Lipinski definition) is 1. The van der Waals surface area contributed by atoms with Gasteiger partial charge in [0.1, 0.15) is 0 Å². The predicted molar refractivity (Wildman–Crippen MR) is 84.5 cm³/mol. The number of aromatic nitrogens is 1. The van der Waals surface area contributed by atoms with Crippen LogP contribution in [0.4, 0.5) is 0 Å². The lowest BCUT2D eigenvalue weighted by molar-refractivity contribution is 0.151. The highest BCUT2D eigenvalue weighted by Gasteiger charge is 2.18. The normalized spacial score (nSPS) is 20.5. The van der Waals surface area contributed by atoms with Gasteiger partial charge < -0.3 is 5.32 Å². The molecule has 20 heavy (non-hydrogen) atoms. The van der Waals surface area contributed by atoms with E-state index < -0.39 is 0 Å². The van der Waals surface area contributed by atoms with Crippen molar-refractivity contribution in [3.63, 3.8) is 0 Å². The Kier molecular flexibility index (Phi) is 5.99. The van der Waals surface area contributed by atoms with Gasteiger partial charge in [-0.15, -0.1) is 0 Å². The molecule has 0 bridgehead atoms. The maximum absolute atomic E-state index is 4.62. The Morgan fingerprint density at radius 3 is 2.85 bits per heavy atom. The molecule has 0 saturated carbocycles. The summed E-state index contributed by atoms with van der Waals surface area (Å²) in [7, 11) is 0. The van der Waals surface area contributed by atoms with E-state index in [0.29, 0.717) is 12.0 Å². The Morgan fingerprint density at radius 2 is 2.20 bits per heavy atom. The standard InChI is InChI=1S/C17H29N3/c1-14(2)10-18-11-16-7-8-17(19-12-16)13-20-9-5-4-6-15(20)3/h7-8,12,14-15,18H,4-6,9-11,13H2,1-3H3. The second-order valence-electron chi connectivity index (χ2n) is 6.50. The second-order valence-corrected chi connectivity index (χ2v) is 6.50. The first-order chi connectivity index (χ1) is 9.65. The average Bonchev–Trinajstić information content (AvgIpc) is 2.43. The van der Waals surface area contributed by atoms with Crippen molar-refractivity contribution in [2.75, 3.05) is 13.1 Å². The quantitative estimate of drug-likeness (QED) is 0.864. The highest BCUT2D eigenvalue weighted by Crippen LogP contribution is 2.18. The van der Waals surface area contributed by atoms with Crippen molar-refractivity contribution >= 4 is 0 Å². The fourth-order valence-corrected chi connectivity index (χ4v) is 2.76. The summed E-state index contributed by atoms with van der Waals surface area (Å²) in [6.45, 7) is 11.0. The van der Waals surface area contributed by atoms with Gasteiger partial charge in [0.05, 0.1) is 5.69 Å². The molecule has 1 aliphatic heterocycles. The van der Waals surface area contributed by atoms with Crippen LogP contribution in [0.3, 0.4) is 0 Å². The molecule has 1 saturated heterocycles. The lowest BCUT2D eigenvalue weighted by Gasteiger charge is -2.32. The summed E-state index contributed by atoms with van der Waals surface area (Å²) in [6.07, 6.45) is 6.07. The number of nitrogens with zero attached hydrogens (tertiary/aromatic N) is 2. The van der Waals surface area contributed by atoms with Crippen molar-refractivity contribution in [3.05, 3.63) is 29.6 Å². The van der Waals surface area contributed by atoms with Gasteiger partial charge in [-0.05, 0) is 50.4 Å². The van der Waals surface area contributed by atoms with E-state index in [4.69, 9.17) is 0 Å². The van der Waals surface area contributed by atoms with E-state index >= 15 is 0 Å². The molecule has 112 valence electrons. The first-order valence-electron chi connectivity index (χ1n) is 8.03. The van der Waals surface area contributed by atoms with Gasteiger partial charge in [-0.1, -0.05) is 26.3 Å². The highest BCUT2D eigenvalue weighted by molar-refractivity contribution is 5.14. The lowest BCUT2D eigenvalue weighted by Crippen LogP contribution is -2.36. The third-order valence-electron chi connectivity index (χ3n) is 4.07. The fraction of sp³-hybridized carbons (Fsp3) is 0.706. The minimum absolute atomic E-state index is 0.697. The maximum atomic E-state index is 4.62. The maximum Gasteiger partial charge on any atom is 0.0544 e. The first-order valence-corrected chi connectivity index (χ1v) is 8.03. The number of nitrogens with one attached hydrogen (secondary N) is 1. The van der Waals surface area contributed by atoms with Gasteiger partial charge in [-0.25, -0.2) is 0 Å². The summed E-state index contributed by atoms with van der Waals surface area (Å²) in [4.78, 5) is 7.18. The number of pyridine rings is 1. The van der Waals surface area contributed by atoms with Crippen molar-refractivity contribution in [2.45, 2.75) is 59.2 Å². The van der Waals surface area contributed by atoms with E-state index in [9.17, 15) is 0 Å². The largest absolute Gasteiger partial charge is 0.312 e. The summed E-state index contributed by atoms with van der Waals surface area (Å²) in [5.74, 6) is 0.697. The molecular formula is C17H29N3. The van der Waals surface area contributed by atoms with Crippen molar-refractivity contribution in [1.29, 1.82) is 0 Å². The molecule has 0 aromatic carbocycles. The molecule has 0 radical (unpaired) electrons. The Labute approximate surface area is 123 Å². The fourth-order valence-electron chi connectivity index (χ4n) is 2.76. The predicted octanol–water partition coefficient (Wildman–Crippen LogP) is 3.20. The van der Waals surface area contributed by atoms with E-state index in [-0.39, 0.29) is 0 Å². The molecular weight excluding hydrogens is 246 g/mol. The van der Waals surface area contributed by atoms with Gasteiger partial charge in [0, 0.05) is 25.3 Å². The zero-order valence-electron chi connectivity index (χ0n) is 13.2. The van der Waals surface area contributed by atoms with Crippen LogP contribution < -0.4 is 5.32 Å². The third kappa shape index (κ3) is 4.88. The molecule has 0 spiro atoms. The summed E-state index contributed by atoms with van der Waals surface area (Å²) >= 11 is 0. The molecule has 1 unspecified atom stereocenters. The van der Waals surface area contributed by atoms with Gasteiger partial charge >= 0.3 is 0 Å². The van der Waals surface area contributed by atoms with Gasteiger partial charge in [0.25, 0.3) is 0 Å². The molecule has 1 N–H and O–H groups in total. The molecule has 1 aliphatic rings. The zero-order chi connectivity index (χ0) is 14.4. The SMILES string of the molecule is CC(C)CNCc1ccc(CN2CCCCC2C)nc1. The summed E-state index contributed by atoms with van der Waals surface area (Å²) < 4.78 is 0. The monoisotopic (exact) mass is 275 g/mol. The molecule has 3 heteroatoms. The van der Waals surface area contributed by atoms with Crippen LogP contribution in [0.15, 0.2) is 18.3 Å². The summed E-state index contributed by atoms with van der Waals surface area (Å²) in [5, 5.41) is 3.46. The van der Waals surface area contributed by atoms with Crippen LogP contribution in [0.25, 0.3) is 0 Å². The van der Waals surface area contributed by atoms with Gasteiger partial charge in [0.15, 0.2) is 0 Å². The van der Waals surface area contributed by atoms with Crippen molar-refractivity contribution in [3.8, 4) is 0 Å². The van der Waals surface area contributed by atoms with E-state index in [2.05, 4.69) is 48.1 Å². The number of likely N-dealkylation sites (tertiary alicyclic amines) is 1. The molecule has 2 heterocycles. The van der Waals surface area contributed by atoms with E-state index in [1.165, 1.54) is 37.1 Å². The van der Waals surface area contributed by atoms with Crippen molar-refractivity contribution in [1.82, 2.24) is 15.2 Å². The molecule has 2 rings (SSSR count). The topological polar surface area (TPSA) is 28.2 Å². The van der Waals surface area contributed by atoms with Crippen LogP contribution in [-0.4, -0.2) is 29.0 Å². The minimum Gasteiger partial charge on any atom is -0.312 e. The number of hydrogen-bond acceptors (Lipinski definition) is 3. The van der Waals surface area contributed by atoms with Crippen molar-refractivity contribution in [2.24, 2.45) is 5.92 Å². The van der Waals surface area contributed by atoms with Crippen molar-refractivity contribution < 1.29 is 0 Å². The van der Waals surface area contributed by atoms with Gasteiger partial charge in [-0.2, -0.15) is 0 Å². The van der Waals surface area contributed by atoms with Gasteiger partial charge in [-0.3, -0.25) is 9.88 Å². The van der Waals surface area contributed by atoms with E-state index in [1.807, 2.05) is 6.20 Å². The Balaban J connectivity index is 1.81. The molecule has 0 aliphatic carbocycles. The zero-order valence-corrected chi connectivity index (χ0v) is 13.2. The molecule has 1 aromatic heterocycles. The minimum atomic E-state index is 0.697. The molecule has 1 aromatic rings. The molecule has 3 nitrogen and oxygen atoms in total. The Bertz CT molecular complexity index is 386. The summed E-state index contributed by atoms with van der Waals surface area (Å²) in [5.41, 5.74) is 2.48. The second kappa shape index (κ2) is 7.75. The number of piperidine rings is 1. The average molecular weight is 275 g/mol. The van der Waals surface area contributed by atoms with Crippen LogP contribution >= 0.6 is 0 Å². The van der Waals surface area contributed by atoms with Crippen LogP contribution in [0.1, 0.15) is 51.3 Å².